The highest BCUT2D eigenvalue weighted by atomic mass is 16.6. The highest BCUT2D eigenvalue weighted by Gasteiger charge is 2.72. The molecule has 1 fully saturated rings. The van der Waals surface area contributed by atoms with Gasteiger partial charge in [0.15, 0.2) is 30.0 Å². The summed E-state index contributed by atoms with van der Waals surface area (Å²) in [6.45, 7) is 1.63. The number of esters is 1. The van der Waals surface area contributed by atoms with Crippen molar-refractivity contribution in [1.29, 1.82) is 0 Å². The highest BCUT2D eigenvalue weighted by Crippen LogP contribution is 2.65. The lowest BCUT2D eigenvalue weighted by atomic mass is 9.50. The summed E-state index contributed by atoms with van der Waals surface area (Å²) in [6, 6.07) is 1.16. The minimum Gasteiger partial charge on any atom is -0.504 e. The first kappa shape index (κ1) is 31.6. The van der Waals surface area contributed by atoms with Crippen LogP contribution in [0.25, 0.3) is 0 Å². The molecule has 4 aliphatic rings. The van der Waals surface area contributed by atoms with E-state index in [1.54, 1.807) is 6.07 Å². The number of ether oxygens (including phenoxy) is 3. The van der Waals surface area contributed by atoms with Crippen molar-refractivity contribution in [3.8, 4) is 11.5 Å². The third kappa shape index (κ3) is 4.87. The molecule has 2 aliphatic heterocycles. The van der Waals surface area contributed by atoms with Crippen LogP contribution in [-0.2, 0) is 40.5 Å². The summed E-state index contributed by atoms with van der Waals surface area (Å²) >= 11 is 0. The molecule has 8 N–H and O–H groups in total. The number of likely N-dealkylation sites (tertiary alicyclic amines) is 1. The SMILES string of the molecule is C[C@H](OC(O)[C@H](O)[C@@H](O)C(=O)OC1=CC[C@@]2(O)[C@H]3Cc4ccc(O)c5c4C2(CCN3C)[C@H]1O5)C(=O)N[C@@H](CC(=O)O)C(=O)O. The Labute approximate surface area is 250 Å². The molecule has 44 heavy (non-hydrogen) atoms. The number of phenols is 1. The van der Waals surface area contributed by atoms with E-state index in [-0.39, 0.29) is 29.7 Å². The first-order valence-electron chi connectivity index (χ1n) is 13.9. The molecule has 1 aromatic rings. The number of phenolic OH excluding ortho intramolecular Hbond substituents is 1. The van der Waals surface area contributed by atoms with E-state index < -0.39 is 78.0 Å². The normalized spacial score (nSPS) is 30.0. The number of aromatic hydroxyl groups is 1. The molecule has 2 aliphatic carbocycles. The maximum atomic E-state index is 13.0. The average Bonchev–Trinajstić information content (AvgIpc) is 3.32. The second-order valence-electron chi connectivity index (χ2n) is 11.6. The van der Waals surface area contributed by atoms with Gasteiger partial charge in [0.2, 0.25) is 5.91 Å². The Morgan fingerprint density at radius 2 is 1.89 bits per heavy atom. The van der Waals surface area contributed by atoms with Crippen LogP contribution in [0.4, 0.5) is 0 Å². The number of piperidine rings is 1. The van der Waals surface area contributed by atoms with E-state index in [2.05, 4.69) is 4.90 Å². The van der Waals surface area contributed by atoms with Crippen LogP contribution in [0.15, 0.2) is 24.0 Å². The van der Waals surface area contributed by atoms with Crippen molar-refractivity contribution < 1.29 is 69.1 Å². The van der Waals surface area contributed by atoms with Gasteiger partial charge >= 0.3 is 17.9 Å². The summed E-state index contributed by atoms with van der Waals surface area (Å²) in [6.07, 6.45) is -8.33. The van der Waals surface area contributed by atoms with Gasteiger partial charge < -0.3 is 60.2 Å². The predicted molar refractivity (Wildman–Crippen MR) is 143 cm³/mol. The van der Waals surface area contributed by atoms with Crippen LogP contribution in [0.3, 0.4) is 0 Å². The molecule has 2 heterocycles. The average molecular weight is 623 g/mol. The van der Waals surface area contributed by atoms with Crippen LogP contribution in [0, 0.1) is 0 Å². The van der Waals surface area contributed by atoms with Crippen LogP contribution in [0.2, 0.25) is 0 Å². The molecular formula is C28H34N2O14. The highest BCUT2D eigenvalue weighted by molar-refractivity contribution is 5.88. The zero-order chi connectivity index (χ0) is 32.3. The maximum absolute atomic E-state index is 13.0. The number of carbonyl (C=O) groups is 4. The maximum Gasteiger partial charge on any atom is 0.343 e. The molecule has 1 aromatic carbocycles. The Morgan fingerprint density at radius 3 is 2.55 bits per heavy atom. The predicted octanol–water partition coefficient (Wildman–Crippen LogP) is -2.30. The summed E-state index contributed by atoms with van der Waals surface area (Å²) in [5.41, 5.74) is -0.906. The summed E-state index contributed by atoms with van der Waals surface area (Å²) in [5, 5.41) is 73.7. The Morgan fingerprint density at radius 1 is 1.18 bits per heavy atom. The molecule has 0 radical (unpaired) electrons. The molecular weight excluding hydrogens is 588 g/mol. The molecule has 16 nitrogen and oxygen atoms in total. The lowest BCUT2D eigenvalue weighted by Gasteiger charge is -2.61. The summed E-state index contributed by atoms with van der Waals surface area (Å²) in [7, 11) is 1.90. The van der Waals surface area contributed by atoms with Crippen molar-refractivity contribution in [3.63, 3.8) is 0 Å². The molecule has 5 rings (SSSR count). The molecule has 16 heteroatoms. The van der Waals surface area contributed by atoms with Gasteiger partial charge in [0, 0.05) is 18.0 Å². The van der Waals surface area contributed by atoms with Crippen molar-refractivity contribution in [2.45, 2.75) is 86.4 Å². The van der Waals surface area contributed by atoms with Crippen LogP contribution >= 0.6 is 0 Å². The number of hydrogen-bond acceptors (Lipinski definition) is 13. The van der Waals surface area contributed by atoms with Gasteiger partial charge in [-0.3, -0.25) is 9.59 Å². The number of rotatable bonds is 11. The lowest BCUT2D eigenvalue weighted by Crippen LogP contribution is -2.74. The van der Waals surface area contributed by atoms with Gasteiger partial charge in [-0.1, -0.05) is 6.07 Å². The van der Waals surface area contributed by atoms with Gasteiger partial charge in [-0.15, -0.1) is 0 Å². The number of aliphatic carboxylic acids is 2. The summed E-state index contributed by atoms with van der Waals surface area (Å²) < 4.78 is 16.5. The number of amides is 1. The molecule has 2 unspecified atom stereocenters. The third-order valence-electron chi connectivity index (χ3n) is 9.14. The number of aliphatic hydroxyl groups excluding tert-OH is 3. The van der Waals surface area contributed by atoms with E-state index in [1.807, 2.05) is 12.4 Å². The first-order chi connectivity index (χ1) is 20.6. The van der Waals surface area contributed by atoms with E-state index in [0.717, 1.165) is 12.5 Å². The first-order valence-corrected chi connectivity index (χ1v) is 13.9. The summed E-state index contributed by atoms with van der Waals surface area (Å²) in [4.78, 5) is 49.3. The quantitative estimate of drug-likeness (QED) is 0.0954. The Bertz CT molecular complexity index is 1410. The minimum absolute atomic E-state index is 0.0508. The van der Waals surface area contributed by atoms with Crippen LogP contribution < -0.4 is 10.1 Å². The van der Waals surface area contributed by atoms with Crippen molar-refractivity contribution in [2.24, 2.45) is 0 Å². The van der Waals surface area contributed by atoms with Gasteiger partial charge in [0.1, 0.15) is 24.0 Å². The number of carbonyl (C=O) groups excluding carboxylic acids is 2. The topological polar surface area (TPSA) is 253 Å². The van der Waals surface area contributed by atoms with Crippen molar-refractivity contribution in [2.75, 3.05) is 13.6 Å². The number of likely N-dealkylation sites (N-methyl/N-ethyl adjacent to an activating group) is 1. The number of benzene rings is 1. The van der Waals surface area contributed by atoms with E-state index in [9.17, 15) is 44.7 Å². The molecule has 1 amide bonds. The van der Waals surface area contributed by atoms with Crippen LogP contribution in [0.5, 0.6) is 11.5 Å². The number of nitrogens with one attached hydrogen (secondary N) is 1. The van der Waals surface area contributed by atoms with Crippen molar-refractivity contribution >= 4 is 23.8 Å². The van der Waals surface area contributed by atoms with Gasteiger partial charge in [-0.2, -0.15) is 0 Å². The molecule has 9 atom stereocenters. The monoisotopic (exact) mass is 622 g/mol. The smallest absolute Gasteiger partial charge is 0.343 e. The fourth-order valence-electron chi connectivity index (χ4n) is 6.92. The summed E-state index contributed by atoms with van der Waals surface area (Å²) in [5.74, 6) is -5.74. The number of nitrogens with zero attached hydrogens (tertiary/aromatic N) is 1. The van der Waals surface area contributed by atoms with Gasteiger partial charge in [0.05, 0.1) is 17.4 Å². The van der Waals surface area contributed by atoms with E-state index >= 15 is 0 Å². The molecule has 1 saturated heterocycles. The van der Waals surface area contributed by atoms with Gasteiger partial charge in [0.25, 0.3) is 0 Å². The van der Waals surface area contributed by atoms with Crippen molar-refractivity contribution in [3.05, 3.63) is 35.1 Å². The Balaban J connectivity index is 1.29. The second-order valence-corrected chi connectivity index (χ2v) is 11.6. The lowest BCUT2D eigenvalue weighted by molar-refractivity contribution is -0.214. The van der Waals surface area contributed by atoms with E-state index in [0.29, 0.717) is 24.9 Å². The van der Waals surface area contributed by atoms with Gasteiger partial charge in [-0.05, 0) is 51.1 Å². The minimum atomic E-state index is -2.40. The Kier molecular flexibility index (Phi) is 8.11. The molecule has 2 bridgehead atoms. The fourth-order valence-corrected chi connectivity index (χ4v) is 6.92. The van der Waals surface area contributed by atoms with Crippen LogP contribution in [-0.4, -0.2) is 126 Å². The zero-order valence-corrected chi connectivity index (χ0v) is 23.7. The fraction of sp³-hybridized carbons (Fsp3) is 0.571. The molecule has 240 valence electrons. The Hall–Kier alpha value is -3.80. The van der Waals surface area contributed by atoms with E-state index in [4.69, 9.17) is 24.4 Å². The third-order valence-corrected chi connectivity index (χ3v) is 9.14. The number of aliphatic hydroxyl groups is 4. The standard InChI is InChI=1S/C28H34N2O14/c1-11(23(36)29-13(24(37)38)10-17(32)33)42-25(39)19(34)20(35)26(40)43-15-5-6-28(41)16-9-12-3-4-14(31)21-18(12)27(28,22(15)44-21)7-8-30(16)2/h3-5,11,13,16,19-20,22,25,31,34-35,39,41H,6-10H2,1-2H3,(H,29,36)(H,32,33)(H,37,38)/t11-,13-,16+,19+,20+,22-,25?,27?,28+/m0/s1. The number of carboxylic acids is 2. The second kappa shape index (κ2) is 11.3. The number of carboxylic acid groups (broad SMARTS) is 2. The van der Waals surface area contributed by atoms with Crippen LogP contribution in [0.1, 0.15) is 37.3 Å². The molecule has 0 saturated carbocycles. The number of hydrogen-bond donors (Lipinski definition) is 8. The van der Waals surface area contributed by atoms with E-state index in [1.165, 1.54) is 12.1 Å². The molecule has 0 aromatic heterocycles. The zero-order valence-electron chi connectivity index (χ0n) is 23.7. The van der Waals surface area contributed by atoms with Crippen molar-refractivity contribution in [1.82, 2.24) is 10.2 Å². The largest absolute Gasteiger partial charge is 0.504 e. The van der Waals surface area contributed by atoms with Gasteiger partial charge in [-0.25, -0.2) is 9.59 Å². The molecule has 1 spiro atoms.